The lowest BCUT2D eigenvalue weighted by molar-refractivity contribution is -0.137. The predicted octanol–water partition coefficient (Wildman–Crippen LogP) is 2.28. The summed E-state index contributed by atoms with van der Waals surface area (Å²) in [5, 5.41) is 15.8. The van der Waals surface area contributed by atoms with Crippen molar-refractivity contribution in [3.8, 4) is 0 Å². The van der Waals surface area contributed by atoms with E-state index in [0.29, 0.717) is 11.9 Å². The number of nitrogens with zero attached hydrogens (tertiary/aromatic N) is 3. The van der Waals surface area contributed by atoms with Gasteiger partial charge in [-0.15, -0.1) is 10.2 Å². The first-order valence-corrected chi connectivity index (χ1v) is 9.60. The van der Waals surface area contributed by atoms with Gasteiger partial charge in [0.1, 0.15) is 5.82 Å². The van der Waals surface area contributed by atoms with Gasteiger partial charge in [0.2, 0.25) is 10.0 Å². The van der Waals surface area contributed by atoms with E-state index in [1.807, 2.05) is 4.57 Å². The van der Waals surface area contributed by atoms with Crippen LogP contribution in [0.4, 0.5) is 18.9 Å². The first-order valence-electron chi connectivity index (χ1n) is 8.05. The zero-order valence-corrected chi connectivity index (χ0v) is 14.6. The Kier molecular flexibility index (Phi) is 4.93. The maximum atomic E-state index is 13.3. The molecule has 0 unspecified atom stereocenters. The van der Waals surface area contributed by atoms with Crippen molar-refractivity contribution < 1.29 is 21.6 Å². The Labute approximate surface area is 148 Å². The van der Waals surface area contributed by atoms with E-state index < -0.39 is 26.7 Å². The fourth-order valence-corrected chi connectivity index (χ4v) is 3.48. The van der Waals surface area contributed by atoms with Crippen molar-refractivity contribution in [1.29, 1.82) is 0 Å². The van der Waals surface area contributed by atoms with Gasteiger partial charge in [0.25, 0.3) is 0 Å². The van der Waals surface area contributed by atoms with Crippen LogP contribution in [0.1, 0.15) is 36.5 Å². The minimum Gasteiger partial charge on any atom is -0.377 e. The van der Waals surface area contributed by atoms with Gasteiger partial charge in [-0.05, 0) is 31.0 Å². The zero-order valence-electron chi connectivity index (χ0n) is 13.8. The lowest BCUT2D eigenvalue weighted by atomic mass is 10.1. The number of nitrogens with two attached hydrogens (primary N) is 1. The number of nitrogens with one attached hydrogen (secondary N) is 1. The zero-order chi connectivity index (χ0) is 18.9. The Hall–Kier alpha value is -2.14. The standard InChI is InChI=1S/C15H18F3N5O2S/c16-15(17,18)11-8-10(26(19,24)25)5-6-12(11)20-9-14-22-21-13-4-2-1-3-7-23(13)14/h5-6,8,20H,1-4,7,9H2,(H2,19,24,25). The van der Waals surface area contributed by atoms with E-state index in [-0.39, 0.29) is 12.2 Å². The normalized spacial score (nSPS) is 15.4. The first-order chi connectivity index (χ1) is 12.2. The molecule has 3 rings (SSSR count). The van der Waals surface area contributed by atoms with Gasteiger partial charge in [-0.25, -0.2) is 13.6 Å². The topological polar surface area (TPSA) is 103 Å². The van der Waals surface area contributed by atoms with E-state index >= 15 is 0 Å². The van der Waals surface area contributed by atoms with Crippen LogP contribution in [0.2, 0.25) is 0 Å². The quantitative estimate of drug-likeness (QED) is 0.835. The van der Waals surface area contributed by atoms with E-state index in [1.165, 1.54) is 0 Å². The van der Waals surface area contributed by atoms with Crippen molar-refractivity contribution in [2.75, 3.05) is 5.32 Å². The Morgan fingerprint density at radius 2 is 1.96 bits per heavy atom. The fraction of sp³-hybridized carbons (Fsp3) is 0.467. The summed E-state index contributed by atoms with van der Waals surface area (Å²) >= 11 is 0. The van der Waals surface area contributed by atoms with E-state index in [2.05, 4.69) is 15.5 Å². The molecule has 0 amide bonds. The summed E-state index contributed by atoms with van der Waals surface area (Å²) in [6.45, 7) is 0.778. The molecule has 2 heterocycles. The smallest absolute Gasteiger partial charge is 0.377 e. The number of alkyl halides is 3. The Balaban J connectivity index is 1.87. The molecule has 7 nitrogen and oxygen atoms in total. The van der Waals surface area contributed by atoms with Crippen LogP contribution in [0.15, 0.2) is 23.1 Å². The summed E-state index contributed by atoms with van der Waals surface area (Å²) < 4.78 is 64.5. The molecule has 26 heavy (non-hydrogen) atoms. The molecule has 1 aliphatic heterocycles. The molecule has 0 spiro atoms. The number of anilines is 1. The highest BCUT2D eigenvalue weighted by Crippen LogP contribution is 2.36. The summed E-state index contributed by atoms with van der Waals surface area (Å²) in [5.74, 6) is 1.38. The number of fused-ring (bicyclic) bond motifs is 1. The predicted molar refractivity (Wildman–Crippen MR) is 87.7 cm³/mol. The van der Waals surface area contributed by atoms with Crippen molar-refractivity contribution in [1.82, 2.24) is 14.8 Å². The second kappa shape index (κ2) is 6.88. The molecule has 0 radical (unpaired) electrons. The Morgan fingerprint density at radius 3 is 2.65 bits per heavy atom. The number of aryl methyl sites for hydroxylation is 1. The summed E-state index contributed by atoms with van der Waals surface area (Å²) in [6, 6.07) is 2.63. The maximum Gasteiger partial charge on any atom is 0.418 e. The van der Waals surface area contributed by atoms with Crippen molar-refractivity contribution in [2.24, 2.45) is 5.14 Å². The van der Waals surface area contributed by atoms with E-state index in [9.17, 15) is 21.6 Å². The molecule has 0 fully saturated rings. The number of halogens is 3. The SMILES string of the molecule is NS(=O)(=O)c1ccc(NCc2nnc3n2CCCCC3)c(C(F)(F)F)c1. The summed E-state index contributed by atoms with van der Waals surface area (Å²) in [5.41, 5.74) is -1.34. The van der Waals surface area contributed by atoms with Crippen LogP contribution in [0.25, 0.3) is 0 Å². The van der Waals surface area contributed by atoms with Gasteiger partial charge in [-0.1, -0.05) is 6.42 Å². The highest BCUT2D eigenvalue weighted by Gasteiger charge is 2.34. The van der Waals surface area contributed by atoms with Crippen LogP contribution in [0.3, 0.4) is 0 Å². The lowest BCUT2D eigenvalue weighted by Crippen LogP contribution is -2.17. The van der Waals surface area contributed by atoms with Gasteiger partial charge < -0.3 is 9.88 Å². The van der Waals surface area contributed by atoms with Crippen molar-refractivity contribution >= 4 is 15.7 Å². The number of sulfonamides is 1. The number of hydrogen-bond acceptors (Lipinski definition) is 5. The number of benzene rings is 1. The van der Waals surface area contributed by atoms with Gasteiger partial charge in [-0.2, -0.15) is 13.2 Å². The molecule has 0 saturated carbocycles. The van der Waals surface area contributed by atoms with Gasteiger partial charge in [0.05, 0.1) is 17.0 Å². The molecule has 3 N–H and O–H groups in total. The summed E-state index contributed by atoms with van der Waals surface area (Å²) in [6.07, 6.45) is -0.883. The number of primary sulfonamides is 1. The summed E-state index contributed by atoms with van der Waals surface area (Å²) in [7, 11) is -4.23. The number of hydrogen-bond donors (Lipinski definition) is 2. The molecule has 142 valence electrons. The van der Waals surface area contributed by atoms with E-state index in [1.54, 1.807) is 0 Å². The lowest BCUT2D eigenvalue weighted by Gasteiger charge is -2.16. The van der Waals surface area contributed by atoms with Gasteiger partial charge in [0.15, 0.2) is 5.82 Å². The average Bonchev–Trinajstić information content (AvgIpc) is 2.77. The Bertz CT molecular complexity index is 908. The molecule has 0 saturated heterocycles. The Morgan fingerprint density at radius 1 is 1.19 bits per heavy atom. The number of rotatable bonds is 4. The molecule has 0 atom stereocenters. The van der Waals surface area contributed by atoms with Crippen molar-refractivity contribution in [3.05, 3.63) is 35.4 Å². The third-order valence-corrected chi connectivity index (χ3v) is 5.16. The minimum absolute atomic E-state index is 0.0464. The maximum absolute atomic E-state index is 13.3. The fourth-order valence-electron chi connectivity index (χ4n) is 2.94. The van der Waals surface area contributed by atoms with Gasteiger partial charge in [-0.3, -0.25) is 0 Å². The van der Waals surface area contributed by atoms with Crippen molar-refractivity contribution in [2.45, 2.75) is 49.8 Å². The third kappa shape index (κ3) is 3.98. The van der Waals surface area contributed by atoms with Crippen LogP contribution in [0, 0.1) is 0 Å². The monoisotopic (exact) mass is 389 g/mol. The van der Waals surface area contributed by atoms with E-state index in [4.69, 9.17) is 5.14 Å². The highest BCUT2D eigenvalue weighted by atomic mass is 32.2. The molecule has 0 aliphatic carbocycles. The van der Waals surface area contributed by atoms with Crippen LogP contribution in [-0.4, -0.2) is 23.2 Å². The summed E-state index contributed by atoms with van der Waals surface area (Å²) in [4.78, 5) is -0.591. The molecule has 2 aromatic rings. The van der Waals surface area contributed by atoms with Crippen LogP contribution in [0.5, 0.6) is 0 Å². The molecule has 0 bridgehead atoms. The molecular formula is C15H18F3N5O2S. The second-order valence-electron chi connectivity index (χ2n) is 6.10. The van der Waals surface area contributed by atoms with Gasteiger partial charge >= 0.3 is 6.18 Å². The van der Waals surface area contributed by atoms with Crippen LogP contribution in [-0.2, 0) is 35.7 Å². The second-order valence-corrected chi connectivity index (χ2v) is 7.66. The van der Waals surface area contributed by atoms with Crippen molar-refractivity contribution in [3.63, 3.8) is 0 Å². The highest BCUT2D eigenvalue weighted by molar-refractivity contribution is 7.89. The largest absolute Gasteiger partial charge is 0.418 e. The molecule has 11 heteroatoms. The third-order valence-electron chi connectivity index (χ3n) is 4.25. The van der Waals surface area contributed by atoms with E-state index in [0.717, 1.165) is 50.2 Å². The first kappa shape index (κ1) is 18.6. The van der Waals surface area contributed by atoms with Crippen LogP contribution >= 0.6 is 0 Å². The average molecular weight is 389 g/mol. The van der Waals surface area contributed by atoms with Crippen LogP contribution < -0.4 is 10.5 Å². The molecule has 1 aromatic carbocycles. The molecule has 1 aromatic heterocycles. The molecular weight excluding hydrogens is 371 g/mol. The number of aromatic nitrogens is 3. The van der Waals surface area contributed by atoms with Gasteiger partial charge in [0, 0.05) is 18.7 Å². The molecule has 1 aliphatic rings. The minimum atomic E-state index is -4.73.